The normalized spacial score (nSPS) is 15.2. The molecule has 0 saturated heterocycles. The summed E-state index contributed by atoms with van der Waals surface area (Å²) in [6, 6.07) is 23.3. The van der Waals surface area contributed by atoms with Gasteiger partial charge < -0.3 is 14.4 Å². The lowest BCUT2D eigenvalue weighted by Crippen LogP contribution is -2.35. The molecule has 3 aromatic rings. The number of carbonyl (C=O) groups is 2. The van der Waals surface area contributed by atoms with Gasteiger partial charge in [0.25, 0.3) is 0 Å². The number of esters is 1. The number of nitriles is 1. The van der Waals surface area contributed by atoms with Crippen molar-refractivity contribution in [2.45, 2.75) is 6.04 Å². The highest BCUT2D eigenvalue weighted by atomic mass is 16.5. The predicted molar refractivity (Wildman–Crippen MR) is 121 cm³/mol. The molecule has 0 N–H and O–H groups in total. The van der Waals surface area contributed by atoms with Crippen molar-refractivity contribution >= 4 is 29.1 Å². The van der Waals surface area contributed by atoms with Gasteiger partial charge in [-0.1, -0.05) is 42.5 Å². The number of aldehydes is 1. The van der Waals surface area contributed by atoms with Gasteiger partial charge in [0, 0.05) is 17.5 Å². The Balaban J connectivity index is 1.92. The standard InChI is InChI=1S/C26H19N3O3/c1-32-26(31)24-13-7-12-23(28-24)19-14-22(21-11-6-5-8-18(21)15-27)25(17-30)29(16-19)20-9-3-2-4-10-20/h2-14,16-17,25H,1H3. The Morgan fingerprint density at radius 3 is 2.53 bits per heavy atom. The van der Waals surface area contributed by atoms with E-state index in [1.165, 1.54) is 7.11 Å². The first-order chi connectivity index (χ1) is 15.7. The summed E-state index contributed by atoms with van der Waals surface area (Å²) in [6.45, 7) is 0. The zero-order chi connectivity index (χ0) is 22.5. The van der Waals surface area contributed by atoms with Crippen molar-refractivity contribution < 1.29 is 14.3 Å². The van der Waals surface area contributed by atoms with Gasteiger partial charge in [-0.15, -0.1) is 0 Å². The molecule has 1 aliphatic rings. The fraction of sp³-hybridized carbons (Fsp3) is 0.0769. The fourth-order valence-corrected chi connectivity index (χ4v) is 3.67. The molecule has 0 radical (unpaired) electrons. The molecule has 156 valence electrons. The first kappa shape index (κ1) is 20.8. The highest BCUT2D eigenvalue weighted by Gasteiger charge is 2.28. The van der Waals surface area contributed by atoms with Gasteiger partial charge in [-0.05, 0) is 47.5 Å². The topological polar surface area (TPSA) is 83.3 Å². The number of para-hydroxylation sites is 1. The Labute approximate surface area is 185 Å². The molecule has 0 amide bonds. The van der Waals surface area contributed by atoms with Crippen molar-refractivity contribution in [3.05, 3.63) is 108 Å². The molecular formula is C26H19N3O3. The maximum absolute atomic E-state index is 12.3. The lowest BCUT2D eigenvalue weighted by Gasteiger charge is -2.33. The van der Waals surface area contributed by atoms with E-state index in [1.807, 2.05) is 59.6 Å². The predicted octanol–water partition coefficient (Wildman–Crippen LogP) is 4.25. The van der Waals surface area contributed by atoms with Crippen molar-refractivity contribution in [3.63, 3.8) is 0 Å². The number of pyridine rings is 1. The van der Waals surface area contributed by atoms with Crippen LogP contribution in [-0.4, -0.2) is 30.4 Å². The molecule has 1 aliphatic heterocycles. The van der Waals surface area contributed by atoms with Crippen LogP contribution in [0.15, 0.2) is 85.1 Å². The van der Waals surface area contributed by atoms with Crippen LogP contribution in [0, 0.1) is 11.3 Å². The second kappa shape index (κ2) is 9.11. The Morgan fingerprint density at radius 2 is 1.81 bits per heavy atom. The number of benzene rings is 2. The molecule has 0 spiro atoms. The Morgan fingerprint density at radius 1 is 1.06 bits per heavy atom. The molecule has 2 aromatic carbocycles. The van der Waals surface area contributed by atoms with Gasteiger partial charge in [0.05, 0.1) is 24.4 Å². The molecule has 1 unspecified atom stereocenters. The lowest BCUT2D eigenvalue weighted by molar-refractivity contribution is -0.107. The number of hydrogen-bond donors (Lipinski definition) is 0. The molecule has 0 fully saturated rings. The smallest absolute Gasteiger partial charge is 0.356 e. The number of hydrogen-bond acceptors (Lipinski definition) is 6. The van der Waals surface area contributed by atoms with Crippen LogP contribution in [0.3, 0.4) is 0 Å². The molecule has 6 heteroatoms. The van der Waals surface area contributed by atoms with Crippen LogP contribution in [0.2, 0.25) is 0 Å². The summed E-state index contributed by atoms with van der Waals surface area (Å²) >= 11 is 0. The van der Waals surface area contributed by atoms with Crippen LogP contribution in [0.25, 0.3) is 11.1 Å². The third-order valence-corrected chi connectivity index (χ3v) is 5.19. The lowest BCUT2D eigenvalue weighted by atomic mass is 9.89. The number of rotatable bonds is 5. The van der Waals surface area contributed by atoms with Crippen LogP contribution in [0.5, 0.6) is 0 Å². The van der Waals surface area contributed by atoms with E-state index in [0.717, 1.165) is 12.0 Å². The Bertz CT molecular complexity index is 1270. The zero-order valence-corrected chi connectivity index (χ0v) is 17.3. The van der Waals surface area contributed by atoms with Gasteiger partial charge in [0.2, 0.25) is 0 Å². The Hall–Kier alpha value is -4.50. The summed E-state index contributed by atoms with van der Waals surface area (Å²) in [4.78, 5) is 30.6. The first-order valence-corrected chi connectivity index (χ1v) is 9.93. The van der Waals surface area contributed by atoms with Gasteiger partial charge >= 0.3 is 5.97 Å². The maximum Gasteiger partial charge on any atom is 0.356 e. The molecule has 4 rings (SSSR count). The van der Waals surface area contributed by atoms with E-state index in [4.69, 9.17) is 4.74 Å². The van der Waals surface area contributed by atoms with Crippen molar-refractivity contribution in [2.24, 2.45) is 0 Å². The van der Waals surface area contributed by atoms with Crippen LogP contribution < -0.4 is 4.90 Å². The first-order valence-electron chi connectivity index (χ1n) is 9.93. The SMILES string of the molecule is COC(=O)c1cccc(C2=CN(c3ccccc3)C(C=O)C(c3ccccc3C#N)=C2)n1. The van der Waals surface area contributed by atoms with Crippen LogP contribution in [0.1, 0.15) is 27.3 Å². The van der Waals surface area contributed by atoms with Gasteiger partial charge in [-0.3, -0.25) is 0 Å². The maximum atomic E-state index is 12.3. The van der Waals surface area contributed by atoms with Crippen LogP contribution >= 0.6 is 0 Å². The molecule has 0 aliphatic carbocycles. The van der Waals surface area contributed by atoms with Gasteiger partial charge in [0.15, 0.2) is 0 Å². The van der Waals surface area contributed by atoms with Crippen LogP contribution in [-0.2, 0) is 9.53 Å². The minimum absolute atomic E-state index is 0.182. The summed E-state index contributed by atoms with van der Waals surface area (Å²) in [7, 11) is 1.30. The van der Waals surface area contributed by atoms with E-state index >= 15 is 0 Å². The van der Waals surface area contributed by atoms with Crippen LogP contribution in [0.4, 0.5) is 5.69 Å². The van der Waals surface area contributed by atoms with Crippen molar-refractivity contribution in [3.8, 4) is 6.07 Å². The van der Waals surface area contributed by atoms with E-state index < -0.39 is 12.0 Å². The number of methoxy groups -OCH3 is 1. The van der Waals surface area contributed by atoms with E-state index in [0.29, 0.717) is 28.0 Å². The Kier molecular flexibility index (Phi) is 5.91. The fourth-order valence-electron chi connectivity index (χ4n) is 3.67. The van der Waals surface area contributed by atoms with Crippen molar-refractivity contribution in [1.29, 1.82) is 5.26 Å². The summed E-state index contributed by atoms with van der Waals surface area (Å²) in [6.07, 6.45) is 4.53. The summed E-state index contributed by atoms with van der Waals surface area (Å²) in [5.41, 5.74) is 4.04. The third-order valence-electron chi connectivity index (χ3n) is 5.19. The van der Waals surface area contributed by atoms with E-state index in [2.05, 4.69) is 11.1 Å². The highest BCUT2D eigenvalue weighted by Crippen LogP contribution is 2.35. The number of ether oxygens (including phenoxy) is 1. The average Bonchev–Trinajstić information content (AvgIpc) is 2.87. The molecule has 1 aromatic heterocycles. The second-order valence-corrected chi connectivity index (χ2v) is 7.06. The largest absolute Gasteiger partial charge is 0.464 e. The summed E-state index contributed by atoms with van der Waals surface area (Å²) < 4.78 is 4.80. The summed E-state index contributed by atoms with van der Waals surface area (Å²) in [5.74, 6) is -0.534. The zero-order valence-electron chi connectivity index (χ0n) is 17.3. The molecule has 2 heterocycles. The molecule has 32 heavy (non-hydrogen) atoms. The number of carbonyl (C=O) groups excluding carboxylic acids is 2. The van der Waals surface area contributed by atoms with Gasteiger partial charge in [0.1, 0.15) is 18.0 Å². The number of nitrogens with zero attached hydrogens (tertiary/aromatic N) is 3. The van der Waals surface area contributed by atoms with Gasteiger partial charge in [-0.2, -0.15) is 5.26 Å². The third kappa shape index (κ3) is 3.92. The number of anilines is 1. The van der Waals surface area contributed by atoms with E-state index in [1.54, 1.807) is 30.3 Å². The monoisotopic (exact) mass is 421 g/mol. The average molecular weight is 421 g/mol. The molecular weight excluding hydrogens is 402 g/mol. The van der Waals surface area contributed by atoms with E-state index in [-0.39, 0.29) is 5.69 Å². The number of aromatic nitrogens is 1. The van der Waals surface area contributed by atoms with Crippen molar-refractivity contribution in [1.82, 2.24) is 4.98 Å². The minimum atomic E-state index is -0.639. The highest BCUT2D eigenvalue weighted by molar-refractivity contribution is 5.99. The van der Waals surface area contributed by atoms with Gasteiger partial charge in [-0.25, -0.2) is 9.78 Å². The minimum Gasteiger partial charge on any atom is -0.464 e. The van der Waals surface area contributed by atoms with E-state index in [9.17, 15) is 14.9 Å². The second-order valence-electron chi connectivity index (χ2n) is 7.06. The number of allylic oxidation sites excluding steroid dienone is 2. The van der Waals surface area contributed by atoms with Crippen molar-refractivity contribution in [2.75, 3.05) is 12.0 Å². The summed E-state index contributed by atoms with van der Waals surface area (Å²) in [5, 5.41) is 9.64. The molecule has 1 atom stereocenters. The molecule has 0 saturated carbocycles. The quantitative estimate of drug-likeness (QED) is 0.452. The molecule has 6 nitrogen and oxygen atoms in total. The molecule has 0 bridgehead atoms.